The third-order valence-electron chi connectivity index (χ3n) is 4.25. The maximum Gasteiger partial charge on any atom is 0.291 e. The molecule has 0 spiro atoms. The van der Waals surface area contributed by atoms with E-state index in [0.29, 0.717) is 31.9 Å². The molecular weight excluding hydrogens is 373 g/mol. The van der Waals surface area contributed by atoms with Crippen molar-refractivity contribution in [1.82, 2.24) is 19.6 Å². The molecule has 2 N–H and O–H groups in total. The van der Waals surface area contributed by atoms with Crippen LogP contribution in [-0.4, -0.2) is 61.7 Å². The van der Waals surface area contributed by atoms with E-state index in [1.54, 1.807) is 0 Å². The van der Waals surface area contributed by atoms with Crippen LogP contribution in [-0.2, 0) is 10.0 Å². The number of benzene rings is 1. The third kappa shape index (κ3) is 4.41. The molecule has 1 saturated heterocycles. The zero-order valence-corrected chi connectivity index (χ0v) is 15.5. The number of pyridine rings is 1. The summed E-state index contributed by atoms with van der Waals surface area (Å²) in [6.07, 6.45) is 1.32. The quantitative estimate of drug-likeness (QED) is 0.734. The Morgan fingerprint density at radius 1 is 1.11 bits per heavy atom. The molecule has 1 aliphatic heterocycles. The molecule has 2 heterocycles. The van der Waals surface area contributed by atoms with Crippen molar-refractivity contribution >= 4 is 21.6 Å². The van der Waals surface area contributed by atoms with E-state index in [1.165, 1.54) is 40.8 Å². The Morgan fingerprint density at radius 3 is 2.41 bits per heavy atom. The van der Waals surface area contributed by atoms with Crippen LogP contribution >= 0.6 is 0 Å². The second-order valence-electron chi connectivity index (χ2n) is 6.14. The monoisotopic (exact) mass is 393 g/mol. The van der Waals surface area contributed by atoms with Gasteiger partial charge in [0.2, 0.25) is 10.0 Å². The Morgan fingerprint density at radius 2 is 1.78 bits per heavy atom. The highest BCUT2D eigenvalue weighted by Gasteiger charge is 2.27. The van der Waals surface area contributed by atoms with Crippen LogP contribution in [0.3, 0.4) is 0 Å². The first-order chi connectivity index (χ1) is 12.9. The highest BCUT2D eigenvalue weighted by molar-refractivity contribution is 7.89. The van der Waals surface area contributed by atoms with Gasteiger partial charge in [0.1, 0.15) is 0 Å². The molecule has 1 fully saturated rings. The van der Waals surface area contributed by atoms with Gasteiger partial charge in [-0.05, 0) is 43.4 Å². The van der Waals surface area contributed by atoms with E-state index in [-0.39, 0.29) is 10.6 Å². The summed E-state index contributed by atoms with van der Waals surface area (Å²) in [5.74, 6) is -1.47. The lowest BCUT2D eigenvalue weighted by molar-refractivity contribution is 0.0953. The molecule has 0 atom stereocenters. The smallest absolute Gasteiger partial charge is 0.291 e. The Hall–Kier alpha value is -2.56. The van der Waals surface area contributed by atoms with Crippen LogP contribution in [0.5, 0.6) is 0 Å². The SMILES string of the molecule is CN1CCN(S(=O)(=O)c2ccc(NNC(=O)c3ncccc3F)cc2)CC1. The summed E-state index contributed by atoms with van der Waals surface area (Å²) in [7, 11) is -1.60. The topological polar surface area (TPSA) is 94.6 Å². The van der Waals surface area contributed by atoms with Crippen molar-refractivity contribution < 1.29 is 17.6 Å². The lowest BCUT2D eigenvalue weighted by Crippen LogP contribution is -2.46. The molecule has 3 rings (SSSR count). The molecule has 144 valence electrons. The molecule has 1 amide bonds. The highest BCUT2D eigenvalue weighted by Crippen LogP contribution is 2.19. The van der Waals surface area contributed by atoms with Crippen molar-refractivity contribution in [3.8, 4) is 0 Å². The number of likely N-dealkylation sites (N-methyl/N-ethyl adjacent to an activating group) is 1. The molecule has 1 aromatic heterocycles. The molecule has 0 saturated carbocycles. The minimum absolute atomic E-state index is 0.180. The van der Waals surface area contributed by atoms with Gasteiger partial charge >= 0.3 is 0 Å². The van der Waals surface area contributed by atoms with Crippen LogP contribution in [0.15, 0.2) is 47.5 Å². The number of anilines is 1. The van der Waals surface area contributed by atoms with Gasteiger partial charge in [-0.15, -0.1) is 0 Å². The molecule has 2 aromatic rings. The molecule has 1 aromatic carbocycles. The number of amides is 1. The van der Waals surface area contributed by atoms with Gasteiger partial charge in [0.25, 0.3) is 5.91 Å². The number of sulfonamides is 1. The summed E-state index contributed by atoms with van der Waals surface area (Å²) in [5, 5.41) is 0. The second-order valence-corrected chi connectivity index (χ2v) is 8.08. The fourth-order valence-corrected chi connectivity index (χ4v) is 4.05. The van der Waals surface area contributed by atoms with Crippen LogP contribution in [0, 0.1) is 5.82 Å². The fourth-order valence-electron chi connectivity index (χ4n) is 2.63. The van der Waals surface area contributed by atoms with Gasteiger partial charge in [-0.1, -0.05) is 0 Å². The summed E-state index contributed by atoms with van der Waals surface area (Å²) in [4.78, 5) is 17.8. The molecular formula is C17H20FN5O3S. The zero-order valence-electron chi connectivity index (χ0n) is 14.7. The number of nitrogens with zero attached hydrogens (tertiary/aromatic N) is 3. The van der Waals surface area contributed by atoms with E-state index in [1.807, 2.05) is 7.05 Å². The fraction of sp³-hybridized carbons (Fsp3) is 0.294. The van der Waals surface area contributed by atoms with Gasteiger partial charge in [-0.25, -0.2) is 17.8 Å². The number of aromatic nitrogens is 1. The maximum atomic E-state index is 13.5. The van der Waals surface area contributed by atoms with Gasteiger partial charge in [0.15, 0.2) is 11.5 Å². The average molecular weight is 393 g/mol. The number of hydrogen-bond acceptors (Lipinski definition) is 6. The first-order valence-electron chi connectivity index (χ1n) is 8.33. The lowest BCUT2D eigenvalue weighted by Gasteiger charge is -2.31. The van der Waals surface area contributed by atoms with Crippen molar-refractivity contribution in [3.05, 3.63) is 54.1 Å². The zero-order chi connectivity index (χ0) is 19.4. The summed E-state index contributed by atoms with van der Waals surface area (Å²) >= 11 is 0. The Bertz CT molecular complexity index is 912. The molecule has 0 unspecified atom stereocenters. The van der Waals surface area contributed by atoms with Crippen LogP contribution in [0.2, 0.25) is 0 Å². The van der Waals surface area contributed by atoms with E-state index in [0.717, 1.165) is 6.07 Å². The third-order valence-corrected chi connectivity index (χ3v) is 6.16. The first kappa shape index (κ1) is 19.2. The van der Waals surface area contributed by atoms with Crippen LogP contribution in [0.1, 0.15) is 10.5 Å². The van der Waals surface area contributed by atoms with E-state index in [2.05, 4.69) is 20.7 Å². The van der Waals surface area contributed by atoms with Crippen molar-refractivity contribution in [2.24, 2.45) is 0 Å². The van der Waals surface area contributed by atoms with Gasteiger partial charge in [-0.2, -0.15) is 4.31 Å². The van der Waals surface area contributed by atoms with E-state index in [4.69, 9.17) is 0 Å². The average Bonchev–Trinajstić information content (AvgIpc) is 2.67. The molecule has 1 aliphatic rings. The Balaban J connectivity index is 1.63. The van der Waals surface area contributed by atoms with Crippen molar-refractivity contribution in [2.45, 2.75) is 4.90 Å². The largest absolute Gasteiger partial charge is 0.304 e. The van der Waals surface area contributed by atoms with Crippen LogP contribution in [0.25, 0.3) is 0 Å². The van der Waals surface area contributed by atoms with Gasteiger partial charge in [0.05, 0.1) is 10.6 Å². The highest BCUT2D eigenvalue weighted by atomic mass is 32.2. The molecule has 0 bridgehead atoms. The number of halogens is 1. The minimum atomic E-state index is -3.55. The summed E-state index contributed by atoms with van der Waals surface area (Å²) < 4.78 is 40.3. The number of hydrazine groups is 1. The summed E-state index contributed by atoms with van der Waals surface area (Å²) in [5.41, 5.74) is 5.06. The standard InChI is InChI=1S/C17H20FN5O3S/c1-22-9-11-23(12-10-22)27(25,26)14-6-4-13(5-7-14)20-21-17(24)16-15(18)3-2-8-19-16/h2-8,20H,9-12H2,1H3,(H,21,24). The van der Waals surface area contributed by atoms with Crippen LogP contribution < -0.4 is 10.9 Å². The lowest BCUT2D eigenvalue weighted by atomic mass is 10.3. The first-order valence-corrected chi connectivity index (χ1v) is 9.77. The van der Waals surface area contributed by atoms with Gasteiger partial charge < -0.3 is 4.90 Å². The molecule has 0 radical (unpaired) electrons. The predicted octanol–water partition coefficient (Wildman–Crippen LogP) is 0.914. The van der Waals surface area contributed by atoms with E-state index >= 15 is 0 Å². The predicted molar refractivity (Wildman–Crippen MR) is 98.0 cm³/mol. The number of carbonyl (C=O) groups excluding carboxylic acids is 1. The summed E-state index contributed by atoms with van der Waals surface area (Å²) in [6, 6.07) is 8.50. The van der Waals surface area contributed by atoms with Crippen molar-refractivity contribution in [3.63, 3.8) is 0 Å². The molecule has 27 heavy (non-hydrogen) atoms. The van der Waals surface area contributed by atoms with Gasteiger partial charge in [0, 0.05) is 32.4 Å². The number of piperazine rings is 1. The molecule has 10 heteroatoms. The number of carbonyl (C=O) groups is 1. The number of rotatable bonds is 5. The molecule has 0 aliphatic carbocycles. The van der Waals surface area contributed by atoms with Crippen molar-refractivity contribution in [2.75, 3.05) is 38.7 Å². The number of nitrogens with one attached hydrogen (secondary N) is 2. The summed E-state index contributed by atoms with van der Waals surface area (Å²) in [6.45, 7) is 2.28. The van der Waals surface area contributed by atoms with E-state index < -0.39 is 21.7 Å². The maximum absolute atomic E-state index is 13.5. The van der Waals surface area contributed by atoms with E-state index in [9.17, 15) is 17.6 Å². The minimum Gasteiger partial charge on any atom is -0.304 e. The Labute approximate surface area is 157 Å². The van der Waals surface area contributed by atoms with Gasteiger partial charge in [-0.3, -0.25) is 15.6 Å². The second kappa shape index (κ2) is 7.99. The number of hydrogen-bond donors (Lipinski definition) is 2. The van der Waals surface area contributed by atoms with Crippen LogP contribution in [0.4, 0.5) is 10.1 Å². The Kier molecular flexibility index (Phi) is 5.68. The normalized spacial score (nSPS) is 16.1. The molecule has 8 nitrogen and oxygen atoms in total. The van der Waals surface area contributed by atoms with Crippen molar-refractivity contribution in [1.29, 1.82) is 0 Å².